The molecule has 0 atom stereocenters. The van der Waals surface area contributed by atoms with Crippen molar-refractivity contribution in [3.63, 3.8) is 0 Å². The number of ether oxygens (including phenoxy) is 3. The highest BCUT2D eigenvalue weighted by atomic mass is 16.6. The van der Waals surface area contributed by atoms with Crippen LogP contribution in [0.15, 0.2) is 47.6 Å². The molecule has 2 N–H and O–H groups in total. The summed E-state index contributed by atoms with van der Waals surface area (Å²) in [7, 11) is 0. The summed E-state index contributed by atoms with van der Waals surface area (Å²) in [4.78, 5) is 34.7. The monoisotopic (exact) mass is 427 g/mol. The number of hydrogen-bond acceptors (Lipinski definition) is 7. The van der Waals surface area contributed by atoms with Crippen LogP contribution >= 0.6 is 0 Å². The summed E-state index contributed by atoms with van der Waals surface area (Å²) in [6.07, 6.45) is 1.46. The fourth-order valence-electron chi connectivity index (χ4n) is 2.47. The van der Waals surface area contributed by atoms with Gasteiger partial charge in [-0.1, -0.05) is 0 Å². The Labute approximate surface area is 180 Å². The lowest BCUT2D eigenvalue weighted by Crippen LogP contribution is -2.17. The van der Waals surface area contributed by atoms with Gasteiger partial charge in [-0.2, -0.15) is 5.10 Å². The lowest BCUT2D eigenvalue weighted by atomic mass is 10.2. The zero-order valence-electron chi connectivity index (χ0n) is 17.6. The van der Waals surface area contributed by atoms with Crippen LogP contribution in [0.1, 0.15) is 36.7 Å². The van der Waals surface area contributed by atoms with Crippen molar-refractivity contribution in [1.29, 1.82) is 0 Å². The summed E-state index contributed by atoms with van der Waals surface area (Å²) in [5.74, 6) is -0.218. The molecular weight excluding hydrogens is 402 g/mol. The van der Waals surface area contributed by atoms with Crippen molar-refractivity contribution in [2.45, 2.75) is 20.8 Å². The van der Waals surface area contributed by atoms with Crippen LogP contribution in [0.25, 0.3) is 0 Å². The molecule has 0 saturated carbocycles. The molecule has 2 aromatic carbocycles. The van der Waals surface area contributed by atoms with Crippen LogP contribution in [0.4, 0.5) is 5.69 Å². The van der Waals surface area contributed by atoms with Crippen LogP contribution in [0.3, 0.4) is 0 Å². The molecule has 0 spiro atoms. The average Bonchev–Trinajstić information content (AvgIpc) is 2.73. The number of hydrazone groups is 1. The maximum absolute atomic E-state index is 12.2. The second-order valence-corrected chi connectivity index (χ2v) is 6.19. The smallest absolute Gasteiger partial charge is 0.344 e. The van der Waals surface area contributed by atoms with E-state index in [1.807, 2.05) is 6.92 Å². The molecule has 0 saturated heterocycles. The minimum absolute atomic E-state index is 0.189. The van der Waals surface area contributed by atoms with E-state index < -0.39 is 11.9 Å². The second-order valence-electron chi connectivity index (χ2n) is 6.19. The molecule has 31 heavy (non-hydrogen) atoms. The molecule has 0 aliphatic heterocycles. The second kappa shape index (κ2) is 12.0. The van der Waals surface area contributed by atoms with Gasteiger partial charge in [0.15, 0.2) is 18.1 Å². The van der Waals surface area contributed by atoms with Crippen LogP contribution in [-0.2, 0) is 14.3 Å². The summed E-state index contributed by atoms with van der Waals surface area (Å²) in [5, 5.41) is 6.58. The van der Waals surface area contributed by atoms with Gasteiger partial charge in [0.1, 0.15) is 0 Å². The van der Waals surface area contributed by atoms with Gasteiger partial charge < -0.3 is 19.5 Å². The van der Waals surface area contributed by atoms with Crippen molar-refractivity contribution >= 4 is 29.7 Å². The number of amides is 2. The third kappa shape index (κ3) is 7.81. The fraction of sp³-hybridized carbons (Fsp3) is 0.273. The number of carbonyl (C=O) groups excluding carboxylic acids is 3. The fourth-order valence-corrected chi connectivity index (χ4v) is 2.47. The maximum atomic E-state index is 12.2. The van der Waals surface area contributed by atoms with Crippen molar-refractivity contribution in [3.05, 3.63) is 53.6 Å². The van der Waals surface area contributed by atoms with Gasteiger partial charge >= 0.3 is 5.97 Å². The molecule has 164 valence electrons. The number of anilines is 1. The first-order valence-electron chi connectivity index (χ1n) is 9.69. The zero-order valence-corrected chi connectivity index (χ0v) is 17.6. The number of nitrogens with zero attached hydrogens (tertiary/aromatic N) is 1. The Balaban J connectivity index is 1.99. The van der Waals surface area contributed by atoms with Gasteiger partial charge in [0.25, 0.3) is 5.91 Å². The first kappa shape index (κ1) is 23.4. The van der Waals surface area contributed by atoms with E-state index in [-0.39, 0.29) is 19.1 Å². The summed E-state index contributed by atoms with van der Waals surface area (Å²) in [6.45, 7) is 5.41. The van der Waals surface area contributed by atoms with Crippen molar-refractivity contribution in [2.75, 3.05) is 25.1 Å². The number of carbonyl (C=O) groups is 3. The van der Waals surface area contributed by atoms with E-state index in [1.165, 1.54) is 13.1 Å². The Kier molecular flexibility index (Phi) is 9.03. The van der Waals surface area contributed by atoms with Gasteiger partial charge in [-0.15, -0.1) is 0 Å². The first-order valence-corrected chi connectivity index (χ1v) is 9.69. The van der Waals surface area contributed by atoms with Crippen LogP contribution in [0, 0.1) is 0 Å². The minimum Gasteiger partial charge on any atom is -0.490 e. The molecule has 2 amide bonds. The number of esters is 1. The molecule has 2 aromatic rings. The van der Waals surface area contributed by atoms with E-state index in [0.29, 0.717) is 34.9 Å². The maximum Gasteiger partial charge on any atom is 0.344 e. The highest BCUT2D eigenvalue weighted by molar-refractivity contribution is 5.96. The molecule has 0 bridgehead atoms. The average molecular weight is 427 g/mol. The topological polar surface area (TPSA) is 115 Å². The quantitative estimate of drug-likeness (QED) is 0.342. The third-order valence-corrected chi connectivity index (χ3v) is 3.77. The highest BCUT2D eigenvalue weighted by Crippen LogP contribution is 2.28. The number of hydrogen-bond donors (Lipinski definition) is 2. The number of nitrogens with one attached hydrogen (secondary N) is 2. The van der Waals surface area contributed by atoms with Gasteiger partial charge in [-0.3, -0.25) is 9.59 Å². The van der Waals surface area contributed by atoms with Crippen molar-refractivity contribution < 1.29 is 28.6 Å². The van der Waals surface area contributed by atoms with Gasteiger partial charge in [0.05, 0.1) is 19.4 Å². The van der Waals surface area contributed by atoms with Crippen molar-refractivity contribution in [1.82, 2.24) is 5.43 Å². The van der Waals surface area contributed by atoms with Gasteiger partial charge in [0, 0.05) is 18.2 Å². The van der Waals surface area contributed by atoms with Crippen LogP contribution in [-0.4, -0.2) is 43.8 Å². The molecule has 0 unspecified atom stereocenters. The number of rotatable bonds is 10. The largest absolute Gasteiger partial charge is 0.490 e. The Morgan fingerprint density at radius 2 is 1.71 bits per heavy atom. The Morgan fingerprint density at radius 1 is 0.968 bits per heavy atom. The van der Waals surface area contributed by atoms with Crippen molar-refractivity contribution in [2.24, 2.45) is 5.10 Å². The predicted octanol–water partition coefficient (Wildman–Crippen LogP) is 2.75. The summed E-state index contributed by atoms with van der Waals surface area (Å²) < 4.78 is 15.8. The molecule has 2 rings (SSSR count). The predicted molar refractivity (Wildman–Crippen MR) is 116 cm³/mol. The lowest BCUT2D eigenvalue weighted by molar-refractivity contribution is -0.145. The van der Waals surface area contributed by atoms with Crippen molar-refractivity contribution in [3.8, 4) is 11.5 Å². The van der Waals surface area contributed by atoms with Gasteiger partial charge in [-0.05, 0) is 61.9 Å². The third-order valence-electron chi connectivity index (χ3n) is 3.77. The molecule has 9 nitrogen and oxygen atoms in total. The molecule has 9 heteroatoms. The lowest BCUT2D eigenvalue weighted by Gasteiger charge is -2.12. The number of benzene rings is 2. The Morgan fingerprint density at radius 3 is 2.35 bits per heavy atom. The van der Waals surface area contributed by atoms with E-state index in [1.54, 1.807) is 49.4 Å². The molecule has 0 aromatic heterocycles. The van der Waals surface area contributed by atoms with Gasteiger partial charge in [0.2, 0.25) is 5.91 Å². The molecule has 0 aliphatic rings. The summed E-state index contributed by atoms with van der Waals surface area (Å²) >= 11 is 0. The summed E-state index contributed by atoms with van der Waals surface area (Å²) in [5.41, 5.74) is 4.09. The van der Waals surface area contributed by atoms with Crippen LogP contribution in [0.5, 0.6) is 11.5 Å². The van der Waals surface area contributed by atoms with E-state index in [9.17, 15) is 14.4 Å². The molecular formula is C22H25N3O6. The molecule has 0 radical (unpaired) electrons. The van der Waals surface area contributed by atoms with E-state index >= 15 is 0 Å². The van der Waals surface area contributed by atoms with E-state index in [4.69, 9.17) is 14.2 Å². The summed E-state index contributed by atoms with van der Waals surface area (Å²) in [6, 6.07) is 11.5. The van der Waals surface area contributed by atoms with Crippen LogP contribution < -0.4 is 20.2 Å². The minimum atomic E-state index is -0.469. The van der Waals surface area contributed by atoms with E-state index in [2.05, 4.69) is 15.8 Å². The molecule has 0 heterocycles. The molecule has 0 aliphatic carbocycles. The standard InChI is InChI=1S/C22H25N3O6/c1-4-29-20-12-16(6-11-19(20)31-14-21(27)30-5-2)13-23-25-22(28)17-7-9-18(10-8-17)24-15(3)26/h6-13H,4-5,14H2,1-3H3,(H,24,26)(H,25,28). The van der Waals surface area contributed by atoms with Gasteiger partial charge in [-0.25, -0.2) is 10.2 Å². The Bertz CT molecular complexity index is 941. The molecule has 0 fully saturated rings. The first-order chi connectivity index (χ1) is 14.9. The normalized spacial score (nSPS) is 10.4. The zero-order chi connectivity index (χ0) is 22.6. The van der Waals surface area contributed by atoms with E-state index in [0.717, 1.165) is 0 Å². The Hall–Kier alpha value is -3.88. The highest BCUT2D eigenvalue weighted by Gasteiger charge is 2.10. The van der Waals surface area contributed by atoms with Crippen LogP contribution in [0.2, 0.25) is 0 Å². The SMILES string of the molecule is CCOC(=O)COc1ccc(C=NNC(=O)c2ccc(NC(C)=O)cc2)cc1OCC.